The number of carbonyl (C=O) groups is 2. The Balaban J connectivity index is 2.16. The molecular formula is C13H20FNO4. The van der Waals surface area contributed by atoms with Gasteiger partial charge in [0.1, 0.15) is 5.60 Å². The van der Waals surface area contributed by atoms with Gasteiger partial charge in [-0.15, -0.1) is 0 Å². The molecule has 1 aliphatic carbocycles. The van der Waals surface area contributed by atoms with Crippen LogP contribution in [0, 0.1) is 5.41 Å². The number of nitrogens with zero attached hydrogens (tertiary/aromatic N) is 1. The Morgan fingerprint density at radius 2 is 1.84 bits per heavy atom. The number of rotatable bonds is 1. The Morgan fingerprint density at radius 3 is 2.16 bits per heavy atom. The Kier molecular flexibility index (Phi) is 3.03. The molecule has 0 aromatic heterocycles. The Morgan fingerprint density at radius 1 is 1.26 bits per heavy atom. The molecular weight excluding hydrogens is 253 g/mol. The molecule has 1 saturated carbocycles. The van der Waals surface area contributed by atoms with E-state index in [1.54, 1.807) is 20.8 Å². The number of amides is 1. The summed E-state index contributed by atoms with van der Waals surface area (Å²) in [5.41, 5.74) is -3.94. The molecule has 2 fully saturated rings. The second kappa shape index (κ2) is 4.08. The van der Waals surface area contributed by atoms with Gasteiger partial charge in [0.05, 0.1) is 6.54 Å². The van der Waals surface area contributed by atoms with Crippen molar-refractivity contribution in [2.45, 2.75) is 51.3 Å². The molecule has 0 aromatic carbocycles. The first-order valence-electron chi connectivity index (χ1n) is 6.50. The minimum Gasteiger partial charge on any atom is -0.479 e. The summed E-state index contributed by atoms with van der Waals surface area (Å²) < 4.78 is 19.9. The molecule has 1 unspecified atom stereocenters. The molecule has 1 atom stereocenters. The lowest BCUT2D eigenvalue weighted by molar-refractivity contribution is -0.162. The van der Waals surface area contributed by atoms with Gasteiger partial charge in [-0.2, -0.15) is 0 Å². The molecule has 1 saturated heterocycles. The van der Waals surface area contributed by atoms with Gasteiger partial charge in [-0.1, -0.05) is 6.42 Å². The SMILES string of the molecule is CC(C)(C)OC(=O)N1CC2(CCC2)C(F)(C(=O)O)C1. The molecule has 0 aromatic rings. The molecule has 0 radical (unpaired) electrons. The zero-order valence-electron chi connectivity index (χ0n) is 11.5. The summed E-state index contributed by atoms with van der Waals surface area (Å²) in [5.74, 6) is -1.47. The molecule has 0 bridgehead atoms. The van der Waals surface area contributed by atoms with Gasteiger partial charge in [0, 0.05) is 12.0 Å². The monoisotopic (exact) mass is 273 g/mol. The van der Waals surface area contributed by atoms with Crippen LogP contribution in [0.1, 0.15) is 40.0 Å². The van der Waals surface area contributed by atoms with E-state index in [-0.39, 0.29) is 6.54 Å². The summed E-state index contributed by atoms with van der Waals surface area (Å²) in [6, 6.07) is 0. The molecule has 5 nitrogen and oxygen atoms in total. The third kappa shape index (κ3) is 2.17. The quantitative estimate of drug-likeness (QED) is 0.795. The first kappa shape index (κ1) is 14.1. The van der Waals surface area contributed by atoms with Gasteiger partial charge < -0.3 is 14.7 Å². The average molecular weight is 273 g/mol. The molecule has 1 spiro atoms. The number of halogens is 1. The summed E-state index contributed by atoms with van der Waals surface area (Å²) in [4.78, 5) is 24.4. The van der Waals surface area contributed by atoms with Crippen molar-refractivity contribution >= 4 is 12.1 Å². The van der Waals surface area contributed by atoms with Crippen LogP contribution in [-0.4, -0.2) is 46.4 Å². The van der Waals surface area contributed by atoms with E-state index in [9.17, 15) is 14.0 Å². The van der Waals surface area contributed by atoms with Crippen LogP contribution in [0.2, 0.25) is 0 Å². The maximum absolute atomic E-state index is 14.7. The number of hydrogen-bond donors (Lipinski definition) is 1. The molecule has 108 valence electrons. The first-order chi connectivity index (χ1) is 8.60. The van der Waals surface area contributed by atoms with Crippen LogP contribution in [0.4, 0.5) is 9.18 Å². The van der Waals surface area contributed by atoms with E-state index >= 15 is 0 Å². The van der Waals surface area contributed by atoms with Crippen LogP contribution in [0.3, 0.4) is 0 Å². The summed E-state index contributed by atoms with van der Waals surface area (Å²) in [5, 5.41) is 9.15. The zero-order chi connectivity index (χ0) is 14.5. The largest absolute Gasteiger partial charge is 0.479 e. The van der Waals surface area contributed by atoms with Gasteiger partial charge in [-0.3, -0.25) is 0 Å². The van der Waals surface area contributed by atoms with Crippen molar-refractivity contribution < 1.29 is 23.8 Å². The van der Waals surface area contributed by atoms with Gasteiger partial charge in [0.15, 0.2) is 0 Å². The van der Waals surface area contributed by atoms with Crippen molar-refractivity contribution in [1.82, 2.24) is 4.90 Å². The number of carboxylic acid groups (broad SMARTS) is 1. The third-order valence-electron chi connectivity index (χ3n) is 4.04. The van der Waals surface area contributed by atoms with Crippen LogP contribution in [-0.2, 0) is 9.53 Å². The van der Waals surface area contributed by atoms with E-state index in [0.29, 0.717) is 12.8 Å². The van der Waals surface area contributed by atoms with Crippen molar-refractivity contribution in [1.29, 1.82) is 0 Å². The highest BCUT2D eigenvalue weighted by Gasteiger charge is 2.67. The predicted molar refractivity (Wildman–Crippen MR) is 65.6 cm³/mol. The molecule has 1 heterocycles. The number of hydrogen-bond acceptors (Lipinski definition) is 3. The Labute approximate surface area is 111 Å². The number of aliphatic carboxylic acids is 1. The summed E-state index contributed by atoms with van der Waals surface area (Å²) in [6.45, 7) is 4.88. The van der Waals surface area contributed by atoms with E-state index in [0.717, 1.165) is 6.42 Å². The number of alkyl halides is 1. The van der Waals surface area contributed by atoms with Crippen molar-refractivity contribution in [3.05, 3.63) is 0 Å². The Hall–Kier alpha value is -1.33. The molecule has 2 rings (SSSR count). The normalized spacial score (nSPS) is 29.2. The fourth-order valence-corrected chi connectivity index (χ4v) is 2.89. The van der Waals surface area contributed by atoms with E-state index in [1.807, 2.05) is 0 Å². The van der Waals surface area contributed by atoms with E-state index in [1.165, 1.54) is 4.90 Å². The van der Waals surface area contributed by atoms with E-state index < -0.39 is 35.3 Å². The minimum absolute atomic E-state index is 0.130. The maximum atomic E-state index is 14.7. The lowest BCUT2D eigenvalue weighted by Gasteiger charge is -2.43. The van der Waals surface area contributed by atoms with Crippen molar-refractivity contribution in [3.8, 4) is 0 Å². The standard InChI is InChI=1S/C13H20FNO4/c1-11(2,3)19-10(18)15-7-12(5-4-6-12)13(14,8-15)9(16)17/h4-8H2,1-3H3,(H,16,17). The van der Waals surface area contributed by atoms with Gasteiger partial charge in [0.25, 0.3) is 0 Å². The van der Waals surface area contributed by atoms with Crippen LogP contribution < -0.4 is 0 Å². The topological polar surface area (TPSA) is 66.8 Å². The lowest BCUT2D eigenvalue weighted by atomic mass is 9.61. The van der Waals surface area contributed by atoms with Crippen LogP contribution >= 0.6 is 0 Å². The predicted octanol–water partition coefficient (Wildman–Crippen LogP) is 2.20. The van der Waals surface area contributed by atoms with Gasteiger partial charge in [0.2, 0.25) is 5.67 Å². The molecule has 1 N–H and O–H groups in total. The molecule has 6 heteroatoms. The number of carbonyl (C=O) groups excluding carboxylic acids is 1. The highest BCUT2D eigenvalue weighted by molar-refractivity contribution is 5.82. The molecule has 19 heavy (non-hydrogen) atoms. The van der Waals surface area contributed by atoms with Crippen LogP contribution in [0.5, 0.6) is 0 Å². The van der Waals surface area contributed by atoms with Crippen molar-refractivity contribution in [3.63, 3.8) is 0 Å². The lowest BCUT2D eigenvalue weighted by Crippen LogP contribution is -2.53. The van der Waals surface area contributed by atoms with Gasteiger partial charge in [-0.05, 0) is 33.6 Å². The van der Waals surface area contributed by atoms with E-state index in [2.05, 4.69) is 0 Å². The fourth-order valence-electron chi connectivity index (χ4n) is 2.89. The second-order valence-corrected chi connectivity index (χ2v) is 6.58. The number of likely N-dealkylation sites (tertiary alicyclic amines) is 1. The molecule has 1 amide bonds. The zero-order valence-corrected chi connectivity index (χ0v) is 11.5. The highest BCUT2D eigenvalue weighted by Crippen LogP contribution is 2.56. The summed E-state index contributed by atoms with van der Waals surface area (Å²) in [6.07, 6.45) is 1.19. The number of carboxylic acids is 1. The Bertz CT molecular complexity index is 413. The summed E-state index contributed by atoms with van der Waals surface area (Å²) >= 11 is 0. The average Bonchev–Trinajstić information content (AvgIpc) is 2.50. The van der Waals surface area contributed by atoms with Gasteiger partial charge in [-0.25, -0.2) is 14.0 Å². The fraction of sp³-hybridized carbons (Fsp3) is 0.846. The number of ether oxygens (including phenoxy) is 1. The molecule has 2 aliphatic rings. The van der Waals surface area contributed by atoms with Crippen molar-refractivity contribution in [2.75, 3.05) is 13.1 Å². The van der Waals surface area contributed by atoms with Crippen molar-refractivity contribution in [2.24, 2.45) is 5.41 Å². The van der Waals surface area contributed by atoms with Crippen LogP contribution in [0.15, 0.2) is 0 Å². The van der Waals surface area contributed by atoms with E-state index in [4.69, 9.17) is 9.84 Å². The van der Waals surface area contributed by atoms with Crippen LogP contribution in [0.25, 0.3) is 0 Å². The highest BCUT2D eigenvalue weighted by atomic mass is 19.1. The maximum Gasteiger partial charge on any atom is 0.410 e. The first-order valence-corrected chi connectivity index (χ1v) is 6.50. The third-order valence-corrected chi connectivity index (χ3v) is 4.04. The second-order valence-electron chi connectivity index (χ2n) is 6.58. The minimum atomic E-state index is -2.35. The van der Waals surface area contributed by atoms with Gasteiger partial charge >= 0.3 is 12.1 Å². The summed E-state index contributed by atoms with van der Waals surface area (Å²) in [7, 11) is 0. The molecule has 1 aliphatic heterocycles. The smallest absolute Gasteiger partial charge is 0.410 e.